The predicted octanol–water partition coefficient (Wildman–Crippen LogP) is 4.00. The molecule has 0 N–H and O–H groups in total. The lowest BCUT2D eigenvalue weighted by molar-refractivity contribution is 0.0524. The Morgan fingerprint density at radius 1 is 0.964 bits per heavy atom. The van der Waals surface area contributed by atoms with E-state index in [4.69, 9.17) is 0 Å². The van der Waals surface area contributed by atoms with E-state index in [1.807, 2.05) is 0 Å². The summed E-state index contributed by atoms with van der Waals surface area (Å²) in [7, 11) is 0. The van der Waals surface area contributed by atoms with Crippen molar-refractivity contribution in [3.63, 3.8) is 0 Å². The Hall–Kier alpha value is -3.30. The van der Waals surface area contributed by atoms with Crippen LogP contribution < -0.4 is 5.43 Å². The fourth-order valence-electron chi connectivity index (χ4n) is 2.63. The normalized spacial score (nSPS) is 11.1. The van der Waals surface area contributed by atoms with Gasteiger partial charge in [-0.25, -0.2) is 31.1 Å². The lowest BCUT2D eigenvalue weighted by Crippen LogP contribution is -2.23. The van der Waals surface area contributed by atoms with Gasteiger partial charge in [0.1, 0.15) is 5.56 Å². The van der Waals surface area contributed by atoms with Crippen LogP contribution in [0.3, 0.4) is 0 Å². The van der Waals surface area contributed by atoms with Gasteiger partial charge in [-0.2, -0.15) is 0 Å². The Balaban J connectivity index is 2.54. The minimum absolute atomic E-state index is 0.184. The zero-order chi connectivity index (χ0) is 20.7. The average molecular weight is 401 g/mol. The van der Waals surface area contributed by atoms with E-state index in [0.717, 1.165) is 6.07 Å². The molecule has 3 rings (SSSR count). The second-order valence-electron chi connectivity index (χ2n) is 5.54. The Labute approximate surface area is 152 Å². The van der Waals surface area contributed by atoms with Gasteiger partial charge < -0.3 is 9.30 Å². The third kappa shape index (κ3) is 2.90. The highest BCUT2D eigenvalue weighted by Gasteiger charge is 2.28. The molecule has 1 heterocycles. The third-order valence-electron chi connectivity index (χ3n) is 3.89. The van der Waals surface area contributed by atoms with Gasteiger partial charge in [0.15, 0.2) is 34.9 Å². The van der Waals surface area contributed by atoms with Crippen molar-refractivity contribution in [1.82, 2.24) is 4.57 Å². The number of ether oxygens (including phenoxy) is 1. The molecule has 0 amide bonds. The summed E-state index contributed by atoms with van der Waals surface area (Å²) in [6.45, 7) is 1.22. The van der Waals surface area contributed by atoms with Gasteiger partial charge in [0, 0.05) is 18.0 Å². The highest BCUT2D eigenvalue weighted by Crippen LogP contribution is 2.28. The largest absolute Gasteiger partial charge is 0.462 e. The summed E-state index contributed by atoms with van der Waals surface area (Å²) in [5.74, 6) is -12.4. The summed E-state index contributed by atoms with van der Waals surface area (Å²) in [4.78, 5) is 24.5. The first-order chi connectivity index (χ1) is 13.2. The van der Waals surface area contributed by atoms with E-state index in [2.05, 4.69) is 4.74 Å². The van der Waals surface area contributed by atoms with Crippen molar-refractivity contribution >= 4 is 16.9 Å². The van der Waals surface area contributed by atoms with Crippen LogP contribution in [0.5, 0.6) is 0 Å². The maximum absolute atomic E-state index is 14.4. The average Bonchev–Trinajstić information content (AvgIpc) is 2.66. The van der Waals surface area contributed by atoms with Gasteiger partial charge in [0.25, 0.3) is 0 Å². The van der Waals surface area contributed by atoms with Crippen molar-refractivity contribution in [2.24, 2.45) is 0 Å². The van der Waals surface area contributed by atoms with Gasteiger partial charge in [-0.1, -0.05) is 0 Å². The predicted molar refractivity (Wildman–Crippen MR) is 85.2 cm³/mol. The number of carbonyl (C=O) groups excluding carboxylic acids is 1. The third-order valence-corrected chi connectivity index (χ3v) is 3.89. The second kappa shape index (κ2) is 7.02. The number of rotatable bonds is 3. The highest BCUT2D eigenvalue weighted by atomic mass is 19.2. The molecule has 0 bridgehead atoms. The van der Waals surface area contributed by atoms with Crippen LogP contribution in [0.1, 0.15) is 17.3 Å². The molecule has 10 heteroatoms. The molecule has 28 heavy (non-hydrogen) atoms. The van der Waals surface area contributed by atoms with Gasteiger partial charge in [-0.3, -0.25) is 4.79 Å². The zero-order valence-electron chi connectivity index (χ0n) is 14.0. The minimum atomic E-state index is -2.26. The van der Waals surface area contributed by atoms with Crippen molar-refractivity contribution in [3.05, 3.63) is 75.1 Å². The lowest BCUT2D eigenvalue weighted by atomic mass is 10.1. The molecule has 2 aromatic carbocycles. The first-order valence-electron chi connectivity index (χ1n) is 7.72. The topological polar surface area (TPSA) is 48.3 Å². The Morgan fingerprint density at radius 2 is 1.61 bits per heavy atom. The van der Waals surface area contributed by atoms with Crippen LogP contribution in [0, 0.1) is 34.9 Å². The van der Waals surface area contributed by atoms with Crippen LogP contribution in [0.15, 0.2) is 29.2 Å². The maximum atomic E-state index is 14.4. The molecule has 0 fully saturated rings. The number of aromatic nitrogens is 1. The monoisotopic (exact) mass is 401 g/mol. The van der Waals surface area contributed by atoms with E-state index in [9.17, 15) is 35.9 Å². The molecule has 4 nitrogen and oxygen atoms in total. The Morgan fingerprint density at radius 3 is 2.21 bits per heavy atom. The zero-order valence-corrected chi connectivity index (χ0v) is 14.0. The van der Waals surface area contributed by atoms with Gasteiger partial charge >= 0.3 is 5.97 Å². The number of hydrogen-bond acceptors (Lipinski definition) is 3. The lowest BCUT2D eigenvalue weighted by Gasteiger charge is -2.15. The number of carbonyl (C=O) groups is 1. The van der Waals surface area contributed by atoms with Crippen LogP contribution in [-0.2, 0) is 4.74 Å². The SMILES string of the molecule is CCOC(=O)c1cn(-c2ccc(F)c(F)c2)c2c(F)c(F)c(F)c(F)c2c1=O. The van der Waals surface area contributed by atoms with Gasteiger partial charge in [-0.15, -0.1) is 0 Å². The van der Waals surface area contributed by atoms with Crippen molar-refractivity contribution in [3.8, 4) is 5.69 Å². The molecule has 0 unspecified atom stereocenters. The fraction of sp³-hybridized carbons (Fsp3) is 0.111. The van der Waals surface area contributed by atoms with E-state index in [0.29, 0.717) is 22.9 Å². The first-order valence-corrected chi connectivity index (χ1v) is 7.72. The minimum Gasteiger partial charge on any atom is -0.462 e. The number of fused-ring (bicyclic) bond motifs is 1. The first kappa shape index (κ1) is 19.5. The molecule has 0 saturated carbocycles. The van der Waals surface area contributed by atoms with Crippen LogP contribution in [0.4, 0.5) is 26.3 Å². The Bertz CT molecular complexity index is 1190. The van der Waals surface area contributed by atoms with Crippen LogP contribution in [0.25, 0.3) is 16.6 Å². The number of benzene rings is 2. The van der Waals surface area contributed by atoms with Crippen molar-refractivity contribution in [2.75, 3.05) is 6.61 Å². The van der Waals surface area contributed by atoms with Crippen molar-refractivity contribution in [1.29, 1.82) is 0 Å². The molecular formula is C18H9F6NO3. The molecule has 0 aliphatic heterocycles. The standard InChI is InChI=1S/C18H9F6NO3/c1-2-28-18(27)8-6-25(7-3-4-9(19)10(20)5-7)16-11(17(8)26)12(21)13(22)14(23)15(16)24/h3-6H,2H2,1H3. The molecule has 3 aromatic rings. The van der Waals surface area contributed by atoms with E-state index in [1.54, 1.807) is 0 Å². The van der Waals surface area contributed by atoms with Gasteiger partial charge in [-0.05, 0) is 19.1 Å². The van der Waals surface area contributed by atoms with E-state index >= 15 is 0 Å². The second-order valence-corrected chi connectivity index (χ2v) is 5.54. The number of hydrogen-bond donors (Lipinski definition) is 0. The van der Waals surface area contributed by atoms with E-state index < -0.39 is 68.5 Å². The van der Waals surface area contributed by atoms with Gasteiger partial charge in [0.2, 0.25) is 5.43 Å². The summed E-state index contributed by atoms with van der Waals surface area (Å²) in [5.41, 5.74) is -3.79. The molecule has 146 valence electrons. The summed E-state index contributed by atoms with van der Waals surface area (Å²) >= 11 is 0. The van der Waals surface area contributed by atoms with Gasteiger partial charge in [0.05, 0.1) is 17.5 Å². The molecular weight excluding hydrogens is 392 g/mol. The summed E-state index contributed by atoms with van der Waals surface area (Å²) in [5, 5.41) is -1.29. The number of nitrogens with zero attached hydrogens (tertiary/aromatic N) is 1. The summed E-state index contributed by atoms with van der Waals surface area (Å²) in [6, 6.07) is 2.06. The molecule has 0 saturated heterocycles. The number of halogens is 6. The summed E-state index contributed by atoms with van der Waals surface area (Å²) in [6.07, 6.45) is 0.648. The highest BCUT2D eigenvalue weighted by molar-refractivity contribution is 5.94. The van der Waals surface area contributed by atoms with E-state index in [-0.39, 0.29) is 6.61 Å². The van der Waals surface area contributed by atoms with Crippen LogP contribution >= 0.6 is 0 Å². The molecule has 0 aliphatic carbocycles. The molecule has 0 spiro atoms. The molecule has 0 atom stereocenters. The van der Waals surface area contributed by atoms with Crippen LogP contribution in [0.2, 0.25) is 0 Å². The maximum Gasteiger partial charge on any atom is 0.343 e. The van der Waals surface area contributed by atoms with E-state index in [1.165, 1.54) is 6.92 Å². The smallest absolute Gasteiger partial charge is 0.343 e. The van der Waals surface area contributed by atoms with Crippen molar-refractivity contribution < 1.29 is 35.9 Å². The number of esters is 1. The molecule has 0 aliphatic rings. The fourth-order valence-corrected chi connectivity index (χ4v) is 2.63. The molecule has 0 radical (unpaired) electrons. The quantitative estimate of drug-likeness (QED) is 0.289. The number of pyridine rings is 1. The van der Waals surface area contributed by atoms with Crippen molar-refractivity contribution in [2.45, 2.75) is 6.92 Å². The molecule has 1 aromatic heterocycles. The summed E-state index contributed by atoms with van der Waals surface area (Å²) < 4.78 is 88.1. The Kier molecular flexibility index (Phi) is 4.88. The van der Waals surface area contributed by atoms with Crippen LogP contribution in [-0.4, -0.2) is 17.1 Å².